The number of methoxy groups -OCH3 is 2. The number of fused-ring (bicyclic) bond motifs is 7. The molecule has 8 rings (SSSR count). The Bertz CT molecular complexity index is 2160. The Morgan fingerprint density at radius 1 is 0.750 bits per heavy atom. The Morgan fingerprint density at radius 2 is 1.34 bits per heavy atom. The smallest absolute Gasteiger partial charge is 0.339 e. The van der Waals surface area contributed by atoms with Crippen LogP contribution in [0.3, 0.4) is 0 Å². The van der Waals surface area contributed by atoms with Crippen LogP contribution in [0.4, 0.5) is 0 Å². The highest BCUT2D eigenvalue weighted by molar-refractivity contribution is 6.09. The van der Waals surface area contributed by atoms with E-state index in [9.17, 15) is 24.6 Å². The molecule has 0 saturated heterocycles. The highest BCUT2D eigenvalue weighted by atomic mass is 16.5. The van der Waals surface area contributed by atoms with Crippen LogP contribution < -0.4 is 0 Å². The third-order valence-electron chi connectivity index (χ3n) is 15.5. The first kappa shape index (κ1) is 38.6. The Kier molecular flexibility index (Phi) is 10.3. The number of ether oxygens (including phenoxy) is 3. The predicted octanol–water partition coefficient (Wildman–Crippen LogP) is 9.16. The van der Waals surface area contributed by atoms with E-state index < -0.39 is 24.1 Å². The van der Waals surface area contributed by atoms with Gasteiger partial charge in [-0.25, -0.2) is 9.59 Å². The predicted molar refractivity (Wildman–Crippen MR) is 216 cm³/mol. The first-order valence-electron chi connectivity index (χ1n) is 20.7. The molecule has 4 aromatic rings. The standard InChI is InChI=1S/C48H56O8/c1-27(14-17-43(51)54-4)38-15-16-39-44-40(26-42(50)48(38,39)3)47(2)19-18-33(24-32(47)25-41(44)49)56-46(53)37-23-31-13-9-7-11-29(31)21-35(37)34-20-28-10-6-8-12-30(28)22-36(34)45(52)55-5/h6-13,20-23,27,32-33,38-42,44,49-50H,14-19,24-26H2,1-5H3/t27-,32+,33-,38-,39+,40+,41-,42+,44+,47+,48-/m1/s1. The molecule has 2 N–H and O–H groups in total. The summed E-state index contributed by atoms with van der Waals surface area (Å²) in [6.45, 7) is 6.81. The number of esters is 3. The fraction of sp³-hybridized carbons (Fsp3) is 0.521. The van der Waals surface area contributed by atoms with Crippen molar-refractivity contribution in [2.75, 3.05) is 14.2 Å². The van der Waals surface area contributed by atoms with Crippen molar-refractivity contribution in [3.05, 3.63) is 83.9 Å². The lowest BCUT2D eigenvalue weighted by Crippen LogP contribution is -2.62. The summed E-state index contributed by atoms with van der Waals surface area (Å²) < 4.78 is 16.6. The SMILES string of the molecule is COC(=O)CC[C@@H](C)[C@H]1CC[C@H]2[C@@H]3[C@H](O)C[C@@H]4C[C@H](OC(=O)c5cc6ccccc6cc5-c5cc6ccccc6cc5C(=O)OC)CC[C@]4(C)[C@H]3C[C@H](O)[C@]12C. The Balaban J connectivity index is 1.05. The van der Waals surface area contributed by atoms with Crippen molar-refractivity contribution in [1.29, 1.82) is 0 Å². The molecule has 4 saturated carbocycles. The minimum atomic E-state index is -0.495. The molecule has 56 heavy (non-hydrogen) atoms. The third-order valence-corrected chi connectivity index (χ3v) is 15.5. The van der Waals surface area contributed by atoms with Crippen molar-refractivity contribution < 1.29 is 38.8 Å². The number of aliphatic hydroxyl groups excluding tert-OH is 2. The number of carbonyl (C=O) groups is 3. The van der Waals surface area contributed by atoms with Gasteiger partial charge < -0.3 is 24.4 Å². The van der Waals surface area contributed by atoms with Crippen molar-refractivity contribution >= 4 is 39.5 Å². The van der Waals surface area contributed by atoms with Crippen molar-refractivity contribution in [2.24, 2.45) is 46.3 Å². The van der Waals surface area contributed by atoms with E-state index in [0.717, 1.165) is 47.2 Å². The summed E-state index contributed by atoms with van der Waals surface area (Å²) in [6.07, 6.45) is 5.28. The molecule has 4 aromatic carbocycles. The van der Waals surface area contributed by atoms with Crippen molar-refractivity contribution in [1.82, 2.24) is 0 Å². The minimum absolute atomic E-state index is 0.0989. The van der Waals surface area contributed by atoms with Gasteiger partial charge in [-0.3, -0.25) is 4.79 Å². The van der Waals surface area contributed by atoms with Gasteiger partial charge in [0.05, 0.1) is 37.6 Å². The molecule has 296 valence electrons. The van der Waals surface area contributed by atoms with Crippen LogP contribution in [0.2, 0.25) is 0 Å². The van der Waals surface area contributed by atoms with E-state index in [0.29, 0.717) is 54.4 Å². The summed E-state index contributed by atoms with van der Waals surface area (Å²) in [4.78, 5) is 39.6. The van der Waals surface area contributed by atoms with Gasteiger partial charge in [-0.15, -0.1) is 0 Å². The minimum Gasteiger partial charge on any atom is -0.469 e. The largest absolute Gasteiger partial charge is 0.469 e. The topological polar surface area (TPSA) is 119 Å². The van der Waals surface area contributed by atoms with Gasteiger partial charge in [-0.05, 0) is 155 Å². The van der Waals surface area contributed by atoms with Gasteiger partial charge in [0.15, 0.2) is 0 Å². The van der Waals surface area contributed by atoms with Crippen LogP contribution in [0.25, 0.3) is 32.7 Å². The molecule has 0 amide bonds. The summed E-state index contributed by atoms with van der Waals surface area (Å²) >= 11 is 0. The lowest BCUT2D eigenvalue weighted by Gasteiger charge is -2.63. The van der Waals surface area contributed by atoms with Gasteiger partial charge in [0.1, 0.15) is 6.10 Å². The summed E-state index contributed by atoms with van der Waals surface area (Å²) in [5.41, 5.74) is 1.59. The van der Waals surface area contributed by atoms with Gasteiger partial charge in [-0.1, -0.05) is 69.3 Å². The molecule has 0 aromatic heterocycles. The summed E-state index contributed by atoms with van der Waals surface area (Å²) in [5.74, 6) is 0.0591. The molecule has 0 bridgehead atoms. The van der Waals surface area contributed by atoms with E-state index in [1.54, 1.807) is 0 Å². The van der Waals surface area contributed by atoms with E-state index >= 15 is 0 Å². The average molecular weight is 761 g/mol. The molecular weight excluding hydrogens is 705 g/mol. The number of rotatable bonds is 8. The van der Waals surface area contributed by atoms with Crippen LogP contribution in [0.15, 0.2) is 72.8 Å². The molecule has 8 nitrogen and oxygen atoms in total. The van der Waals surface area contributed by atoms with Crippen LogP contribution in [-0.2, 0) is 19.0 Å². The van der Waals surface area contributed by atoms with Crippen LogP contribution in [-0.4, -0.2) is 60.7 Å². The van der Waals surface area contributed by atoms with E-state index in [2.05, 4.69) is 20.8 Å². The highest BCUT2D eigenvalue weighted by Gasteiger charge is 2.66. The zero-order chi connectivity index (χ0) is 39.5. The van der Waals surface area contributed by atoms with Gasteiger partial charge >= 0.3 is 17.9 Å². The van der Waals surface area contributed by atoms with Crippen molar-refractivity contribution in [2.45, 2.75) is 96.9 Å². The molecule has 4 aliphatic rings. The van der Waals surface area contributed by atoms with Crippen LogP contribution >= 0.6 is 0 Å². The van der Waals surface area contributed by atoms with Crippen LogP contribution in [0.1, 0.15) is 99.3 Å². The molecular formula is C48H56O8. The second kappa shape index (κ2) is 14.9. The van der Waals surface area contributed by atoms with Crippen molar-refractivity contribution in [3.8, 4) is 11.1 Å². The normalized spacial score (nSPS) is 32.8. The zero-order valence-electron chi connectivity index (χ0n) is 33.3. The quantitative estimate of drug-likeness (QED) is 0.135. The molecule has 11 atom stereocenters. The highest BCUT2D eigenvalue weighted by Crippen LogP contribution is 2.68. The monoisotopic (exact) mass is 760 g/mol. The summed E-state index contributed by atoms with van der Waals surface area (Å²) in [7, 11) is 2.80. The maximum atomic E-state index is 14.4. The molecule has 4 fully saturated rings. The second-order valence-corrected chi connectivity index (χ2v) is 18.0. The van der Waals surface area contributed by atoms with E-state index in [1.165, 1.54) is 14.2 Å². The molecule has 8 heteroatoms. The lowest BCUT2D eigenvalue weighted by molar-refractivity contribution is -0.207. The number of carbonyl (C=O) groups excluding carboxylic acids is 3. The fourth-order valence-corrected chi connectivity index (χ4v) is 12.5. The molecule has 0 aliphatic heterocycles. The van der Waals surface area contributed by atoms with Crippen LogP contribution in [0, 0.1) is 46.3 Å². The molecule has 0 heterocycles. The zero-order valence-corrected chi connectivity index (χ0v) is 33.3. The first-order valence-corrected chi connectivity index (χ1v) is 20.7. The lowest BCUT2D eigenvalue weighted by atomic mass is 9.43. The third kappa shape index (κ3) is 6.41. The van der Waals surface area contributed by atoms with Gasteiger partial charge in [0, 0.05) is 6.42 Å². The van der Waals surface area contributed by atoms with Gasteiger partial charge in [0.25, 0.3) is 0 Å². The second-order valence-electron chi connectivity index (χ2n) is 18.0. The van der Waals surface area contributed by atoms with Gasteiger partial charge in [0.2, 0.25) is 0 Å². The van der Waals surface area contributed by atoms with Crippen LogP contribution in [0.5, 0.6) is 0 Å². The Labute approximate surface area is 329 Å². The van der Waals surface area contributed by atoms with E-state index in [1.807, 2.05) is 72.8 Å². The number of hydrogen-bond acceptors (Lipinski definition) is 8. The molecule has 0 spiro atoms. The van der Waals surface area contributed by atoms with E-state index in [4.69, 9.17) is 14.2 Å². The maximum Gasteiger partial charge on any atom is 0.339 e. The Morgan fingerprint density at radius 3 is 1.93 bits per heavy atom. The first-order chi connectivity index (χ1) is 26.9. The fourth-order valence-electron chi connectivity index (χ4n) is 12.5. The summed E-state index contributed by atoms with van der Waals surface area (Å²) in [6, 6.07) is 23.3. The summed E-state index contributed by atoms with van der Waals surface area (Å²) in [5, 5.41) is 27.8. The van der Waals surface area contributed by atoms with E-state index in [-0.39, 0.29) is 58.4 Å². The number of aliphatic hydroxyl groups is 2. The molecule has 0 unspecified atom stereocenters. The van der Waals surface area contributed by atoms with Crippen molar-refractivity contribution in [3.63, 3.8) is 0 Å². The molecule has 0 radical (unpaired) electrons. The number of benzene rings is 4. The Hall–Kier alpha value is -4.27. The maximum absolute atomic E-state index is 14.4. The average Bonchev–Trinajstić information content (AvgIpc) is 3.57. The van der Waals surface area contributed by atoms with Gasteiger partial charge in [-0.2, -0.15) is 0 Å². The number of hydrogen-bond donors (Lipinski definition) is 2. The molecule has 4 aliphatic carbocycles.